The Labute approximate surface area is 170 Å². The average molecular weight is 398 g/mol. The lowest BCUT2D eigenvalue weighted by atomic mass is 10.2. The van der Waals surface area contributed by atoms with Crippen LogP contribution in [0.3, 0.4) is 0 Å². The topological polar surface area (TPSA) is 46.7 Å². The van der Waals surface area contributed by atoms with Gasteiger partial charge in [0.25, 0.3) is 0 Å². The number of rotatable bonds is 7. The van der Waals surface area contributed by atoms with Gasteiger partial charge in [-0.25, -0.2) is 9.07 Å². The van der Waals surface area contributed by atoms with Crippen molar-refractivity contribution in [1.82, 2.24) is 19.6 Å². The SMILES string of the molecule is COCCN1CCN(Cc2cn(-c3cccc(F)c3)nc2-c2ccc(C)o2)CC1. The van der Waals surface area contributed by atoms with E-state index in [1.165, 1.54) is 12.1 Å². The Hall–Kier alpha value is -2.48. The summed E-state index contributed by atoms with van der Waals surface area (Å²) in [6, 6.07) is 10.4. The summed E-state index contributed by atoms with van der Waals surface area (Å²) < 4.78 is 26.5. The van der Waals surface area contributed by atoms with Crippen molar-refractivity contribution in [3.63, 3.8) is 0 Å². The van der Waals surface area contributed by atoms with Crippen molar-refractivity contribution in [2.75, 3.05) is 46.4 Å². The molecule has 0 atom stereocenters. The van der Waals surface area contributed by atoms with Gasteiger partial charge in [-0.2, -0.15) is 5.10 Å². The molecule has 7 heteroatoms. The van der Waals surface area contributed by atoms with Crippen molar-refractivity contribution in [2.24, 2.45) is 0 Å². The van der Waals surface area contributed by atoms with E-state index in [0.717, 1.165) is 68.7 Å². The summed E-state index contributed by atoms with van der Waals surface area (Å²) in [5, 5.41) is 4.73. The van der Waals surface area contributed by atoms with Crippen molar-refractivity contribution in [2.45, 2.75) is 13.5 Å². The maximum absolute atomic E-state index is 13.7. The molecule has 0 bridgehead atoms. The van der Waals surface area contributed by atoms with E-state index in [0.29, 0.717) is 5.69 Å². The fourth-order valence-corrected chi connectivity index (χ4v) is 3.68. The lowest BCUT2D eigenvalue weighted by Crippen LogP contribution is -2.46. The molecule has 1 fully saturated rings. The van der Waals surface area contributed by atoms with E-state index in [2.05, 4.69) is 9.80 Å². The number of halogens is 1. The molecule has 0 N–H and O–H groups in total. The Morgan fingerprint density at radius 3 is 2.59 bits per heavy atom. The molecule has 6 nitrogen and oxygen atoms in total. The molecular formula is C22H27FN4O2. The predicted octanol–water partition coefficient (Wildman–Crippen LogP) is 3.34. The van der Waals surface area contributed by atoms with Gasteiger partial charge in [-0.3, -0.25) is 9.80 Å². The van der Waals surface area contributed by atoms with Crippen molar-refractivity contribution in [3.8, 4) is 17.1 Å². The molecule has 3 aromatic rings. The van der Waals surface area contributed by atoms with E-state index >= 15 is 0 Å². The molecule has 0 saturated carbocycles. The standard InChI is InChI=1S/C22H27FN4O2/c1-17-6-7-21(29-17)22-18(15-26-10-8-25(9-11-26)12-13-28-2)16-27(24-22)20-5-3-4-19(23)14-20/h3-7,14,16H,8-13,15H2,1-2H3. The van der Waals surface area contributed by atoms with Crippen LogP contribution in [-0.2, 0) is 11.3 Å². The number of nitrogens with zero attached hydrogens (tertiary/aromatic N) is 4. The van der Waals surface area contributed by atoms with E-state index in [1.54, 1.807) is 17.9 Å². The summed E-state index contributed by atoms with van der Waals surface area (Å²) >= 11 is 0. The lowest BCUT2D eigenvalue weighted by Gasteiger charge is -2.34. The first-order valence-electron chi connectivity index (χ1n) is 9.97. The van der Waals surface area contributed by atoms with Gasteiger partial charge in [0.1, 0.15) is 17.3 Å². The second-order valence-corrected chi connectivity index (χ2v) is 7.45. The Bertz CT molecular complexity index is 944. The Morgan fingerprint density at radius 1 is 1.10 bits per heavy atom. The number of hydrogen-bond donors (Lipinski definition) is 0. The van der Waals surface area contributed by atoms with Gasteiger partial charge in [0, 0.05) is 58.1 Å². The summed E-state index contributed by atoms with van der Waals surface area (Å²) in [6.45, 7) is 8.47. The van der Waals surface area contributed by atoms with E-state index in [1.807, 2.05) is 31.3 Å². The van der Waals surface area contributed by atoms with Gasteiger partial charge >= 0.3 is 0 Å². The largest absolute Gasteiger partial charge is 0.460 e. The summed E-state index contributed by atoms with van der Waals surface area (Å²) in [7, 11) is 1.74. The van der Waals surface area contributed by atoms with Crippen LogP contribution < -0.4 is 0 Å². The third kappa shape index (κ3) is 4.75. The van der Waals surface area contributed by atoms with Crippen molar-refractivity contribution < 1.29 is 13.5 Å². The van der Waals surface area contributed by atoms with Gasteiger partial charge in [-0.1, -0.05) is 6.07 Å². The number of piperazine rings is 1. The molecule has 4 rings (SSSR count). The molecule has 0 aliphatic carbocycles. The summed E-state index contributed by atoms with van der Waals surface area (Å²) in [5.74, 6) is 1.31. The molecule has 0 radical (unpaired) electrons. The molecule has 1 saturated heterocycles. The third-order valence-corrected chi connectivity index (χ3v) is 5.31. The van der Waals surface area contributed by atoms with Gasteiger partial charge in [-0.15, -0.1) is 0 Å². The zero-order chi connectivity index (χ0) is 20.2. The van der Waals surface area contributed by atoms with Gasteiger partial charge in [0.05, 0.1) is 12.3 Å². The van der Waals surface area contributed by atoms with Crippen molar-refractivity contribution in [1.29, 1.82) is 0 Å². The smallest absolute Gasteiger partial charge is 0.154 e. The maximum atomic E-state index is 13.7. The van der Waals surface area contributed by atoms with Gasteiger partial charge in [-0.05, 0) is 37.3 Å². The average Bonchev–Trinajstić information content (AvgIpc) is 3.34. The van der Waals surface area contributed by atoms with E-state index in [4.69, 9.17) is 14.3 Å². The van der Waals surface area contributed by atoms with Crippen molar-refractivity contribution in [3.05, 3.63) is 59.7 Å². The van der Waals surface area contributed by atoms with Crippen LogP contribution in [-0.4, -0.2) is 66.0 Å². The van der Waals surface area contributed by atoms with Crippen LogP contribution in [0.4, 0.5) is 4.39 Å². The van der Waals surface area contributed by atoms with Crippen LogP contribution in [0.5, 0.6) is 0 Å². The van der Waals surface area contributed by atoms with Crippen LogP contribution in [0.1, 0.15) is 11.3 Å². The molecular weight excluding hydrogens is 371 g/mol. The first-order chi connectivity index (χ1) is 14.1. The van der Waals surface area contributed by atoms with E-state index in [-0.39, 0.29) is 5.82 Å². The Balaban J connectivity index is 1.55. The first kappa shape index (κ1) is 19.8. The second-order valence-electron chi connectivity index (χ2n) is 7.45. The monoisotopic (exact) mass is 398 g/mol. The minimum absolute atomic E-state index is 0.276. The van der Waals surface area contributed by atoms with Crippen LogP contribution in [0.15, 0.2) is 47.0 Å². The van der Waals surface area contributed by atoms with Crippen molar-refractivity contribution >= 4 is 0 Å². The number of aromatic nitrogens is 2. The van der Waals surface area contributed by atoms with E-state index in [9.17, 15) is 4.39 Å². The van der Waals surface area contributed by atoms with Crippen LogP contribution in [0.25, 0.3) is 17.1 Å². The predicted molar refractivity (Wildman–Crippen MR) is 110 cm³/mol. The molecule has 2 aromatic heterocycles. The fourth-order valence-electron chi connectivity index (χ4n) is 3.68. The first-order valence-corrected chi connectivity index (χ1v) is 9.97. The Kier molecular flexibility index (Phi) is 6.08. The second kappa shape index (κ2) is 8.90. The highest BCUT2D eigenvalue weighted by molar-refractivity contribution is 5.58. The van der Waals surface area contributed by atoms with Gasteiger partial charge in [0.2, 0.25) is 0 Å². The normalized spacial score (nSPS) is 15.8. The quantitative estimate of drug-likeness (QED) is 0.611. The minimum atomic E-state index is -0.276. The number of aryl methyl sites for hydroxylation is 1. The number of benzene rings is 1. The molecule has 29 heavy (non-hydrogen) atoms. The number of hydrogen-bond acceptors (Lipinski definition) is 5. The summed E-state index contributed by atoms with van der Waals surface area (Å²) in [6.07, 6.45) is 1.99. The molecule has 1 aromatic carbocycles. The third-order valence-electron chi connectivity index (χ3n) is 5.31. The number of furan rings is 1. The molecule has 0 amide bonds. The van der Waals surface area contributed by atoms with Crippen LogP contribution >= 0.6 is 0 Å². The molecule has 3 heterocycles. The minimum Gasteiger partial charge on any atom is -0.460 e. The highest BCUT2D eigenvalue weighted by Crippen LogP contribution is 2.27. The zero-order valence-electron chi connectivity index (χ0n) is 17.0. The number of methoxy groups -OCH3 is 1. The van der Waals surface area contributed by atoms with E-state index < -0.39 is 0 Å². The Morgan fingerprint density at radius 2 is 1.90 bits per heavy atom. The number of ether oxygens (including phenoxy) is 1. The highest BCUT2D eigenvalue weighted by atomic mass is 19.1. The fraction of sp³-hybridized carbons (Fsp3) is 0.409. The zero-order valence-corrected chi connectivity index (χ0v) is 17.0. The molecule has 1 aliphatic rings. The lowest BCUT2D eigenvalue weighted by molar-refractivity contribution is 0.0938. The molecule has 0 unspecified atom stereocenters. The van der Waals surface area contributed by atoms with Crippen LogP contribution in [0.2, 0.25) is 0 Å². The van der Waals surface area contributed by atoms with Crippen LogP contribution in [0, 0.1) is 12.7 Å². The highest BCUT2D eigenvalue weighted by Gasteiger charge is 2.21. The molecule has 1 aliphatic heterocycles. The van der Waals surface area contributed by atoms with Gasteiger partial charge < -0.3 is 9.15 Å². The summed E-state index contributed by atoms with van der Waals surface area (Å²) in [5.41, 5.74) is 2.59. The molecule has 0 spiro atoms. The summed E-state index contributed by atoms with van der Waals surface area (Å²) in [4.78, 5) is 4.85. The molecule has 154 valence electrons. The maximum Gasteiger partial charge on any atom is 0.154 e. The van der Waals surface area contributed by atoms with Gasteiger partial charge in [0.15, 0.2) is 5.76 Å².